The number of halogens is 1. The normalized spacial score (nSPS) is 23.5. The summed E-state index contributed by atoms with van der Waals surface area (Å²) in [5.74, 6) is -2.40. The molecule has 0 aliphatic carbocycles. The Hall–Kier alpha value is -2.82. The molecule has 2 bridgehead atoms. The van der Waals surface area contributed by atoms with E-state index in [4.69, 9.17) is 9.84 Å². The van der Waals surface area contributed by atoms with Gasteiger partial charge in [0, 0.05) is 6.54 Å². The number of hydrogen-bond acceptors (Lipinski definition) is 6. The number of piperidine rings is 3. The number of fused-ring (bicyclic) bond motifs is 3. The monoisotopic (exact) mass is 462 g/mol. The summed E-state index contributed by atoms with van der Waals surface area (Å²) < 4.78 is 47.7. The number of carboxylic acids is 1. The predicted molar refractivity (Wildman–Crippen MR) is 112 cm³/mol. The molecular weight excluding hydrogens is 439 g/mol. The second-order valence-corrected chi connectivity index (χ2v) is 9.77. The molecule has 170 valence electrons. The van der Waals surface area contributed by atoms with Crippen molar-refractivity contribution in [2.75, 3.05) is 19.6 Å². The predicted octanol–water partition coefficient (Wildman–Crippen LogP) is 2.18. The van der Waals surface area contributed by atoms with Gasteiger partial charge in [0.1, 0.15) is 18.0 Å². The molecule has 0 spiro atoms. The third-order valence-corrected chi connectivity index (χ3v) is 7.40. The molecular formula is C22H23FN2O6S. The molecule has 32 heavy (non-hydrogen) atoms. The first-order valence-corrected chi connectivity index (χ1v) is 11.8. The molecule has 2 aromatic rings. The van der Waals surface area contributed by atoms with E-state index in [1.54, 1.807) is 0 Å². The van der Waals surface area contributed by atoms with Crippen molar-refractivity contribution in [1.29, 1.82) is 0 Å². The first-order chi connectivity index (χ1) is 15.2. The van der Waals surface area contributed by atoms with E-state index in [-0.39, 0.29) is 28.0 Å². The van der Waals surface area contributed by atoms with Gasteiger partial charge in [0.2, 0.25) is 10.0 Å². The number of nitrogens with zero attached hydrogens (tertiary/aromatic N) is 1. The van der Waals surface area contributed by atoms with Crippen molar-refractivity contribution >= 4 is 22.0 Å². The van der Waals surface area contributed by atoms with Crippen LogP contribution in [0.2, 0.25) is 0 Å². The summed E-state index contributed by atoms with van der Waals surface area (Å²) in [6.07, 6.45) is 1.47. The average molecular weight is 462 g/mol. The Labute approximate surface area is 185 Å². The molecule has 0 saturated carbocycles. The van der Waals surface area contributed by atoms with Crippen LogP contribution in [0.4, 0.5) is 4.39 Å². The maximum Gasteiger partial charge on any atom is 0.335 e. The Kier molecular flexibility index (Phi) is 6.27. The lowest BCUT2D eigenvalue weighted by molar-refractivity contribution is -0.161. The lowest BCUT2D eigenvalue weighted by Gasteiger charge is -2.44. The lowest BCUT2D eigenvalue weighted by Crippen LogP contribution is -2.52. The summed E-state index contributed by atoms with van der Waals surface area (Å²) in [4.78, 5) is 26.1. The number of esters is 1. The summed E-state index contributed by atoms with van der Waals surface area (Å²) in [6, 6.07) is 8.22. The van der Waals surface area contributed by atoms with Crippen LogP contribution in [0.25, 0.3) is 0 Å². The van der Waals surface area contributed by atoms with Crippen LogP contribution in [0.5, 0.6) is 0 Å². The van der Waals surface area contributed by atoms with Crippen LogP contribution in [0, 0.1) is 11.7 Å². The number of ether oxygens (including phenoxy) is 1. The maximum absolute atomic E-state index is 13.9. The van der Waals surface area contributed by atoms with Gasteiger partial charge in [0.05, 0.1) is 10.5 Å². The molecule has 3 fully saturated rings. The second-order valence-electron chi connectivity index (χ2n) is 8.05. The number of rotatable bonds is 7. The Morgan fingerprint density at radius 1 is 1.12 bits per heavy atom. The minimum absolute atomic E-state index is 0.0765. The number of hydrogen-bond donors (Lipinski definition) is 2. The Balaban J connectivity index is 1.59. The van der Waals surface area contributed by atoms with E-state index in [1.807, 2.05) is 0 Å². The van der Waals surface area contributed by atoms with Crippen LogP contribution in [-0.4, -0.2) is 56.1 Å². The van der Waals surface area contributed by atoms with Crippen molar-refractivity contribution in [3.63, 3.8) is 0 Å². The molecule has 3 saturated heterocycles. The van der Waals surface area contributed by atoms with Gasteiger partial charge in [-0.1, -0.05) is 12.1 Å². The van der Waals surface area contributed by atoms with Crippen molar-refractivity contribution in [2.45, 2.75) is 29.9 Å². The number of sulfonamides is 1. The van der Waals surface area contributed by atoms with Gasteiger partial charge < -0.3 is 9.84 Å². The summed E-state index contributed by atoms with van der Waals surface area (Å²) >= 11 is 0. The van der Waals surface area contributed by atoms with E-state index in [9.17, 15) is 22.4 Å². The Morgan fingerprint density at radius 2 is 1.81 bits per heavy atom. The van der Waals surface area contributed by atoms with E-state index in [2.05, 4.69) is 9.62 Å². The molecule has 2 atom stereocenters. The molecule has 0 amide bonds. The van der Waals surface area contributed by atoms with Crippen LogP contribution in [0.15, 0.2) is 53.4 Å². The first kappa shape index (κ1) is 22.4. The van der Waals surface area contributed by atoms with Crippen molar-refractivity contribution < 1.29 is 32.2 Å². The van der Waals surface area contributed by atoms with Crippen LogP contribution in [0.1, 0.15) is 34.8 Å². The highest BCUT2D eigenvalue weighted by Crippen LogP contribution is 2.31. The number of carbonyl (C=O) groups is 2. The van der Waals surface area contributed by atoms with Crippen LogP contribution in [-0.2, 0) is 19.6 Å². The van der Waals surface area contributed by atoms with Crippen molar-refractivity contribution in [1.82, 2.24) is 9.62 Å². The summed E-state index contributed by atoms with van der Waals surface area (Å²) in [5, 5.41) is 9.01. The fourth-order valence-electron chi connectivity index (χ4n) is 4.20. The lowest BCUT2D eigenvalue weighted by atomic mass is 9.86. The third-order valence-electron chi connectivity index (χ3n) is 5.97. The highest BCUT2D eigenvalue weighted by molar-refractivity contribution is 7.89. The van der Waals surface area contributed by atoms with Crippen molar-refractivity contribution in [2.24, 2.45) is 5.92 Å². The van der Waals surface area contributed by atoms with E-state index in [1.165, 1.54) is 18.2 Å². The third kappa shape index (κ3) is 4.82. The first-order valence-electron chi connectivity index (χ1n) is 10.3. The number of carboxylic acid groups (broad SMARTS) is 1. The van der Waals surface area contributed by atoms with E-state index >= 15 is 0 Å². The van der Waals surface area contributed by atoms with Gasteiger partial charge in [0.15, 0.2) is 0 Å². The van der Waals surface area contributed by atoms with Gasteiger partial charge in [-0.05, 0) is 73.8 Å². The quantitative estimate of drug-likeness (QED) is 0.607. The van der Waals surface area contributed by atoms with E-state index in [0.29, 0.717) is 6.54 Å². The van der Waals surface area contributed by atoms with Gasteiger partial charge in [-0.3, -0.25) is 4.90 Å². The van der Waals surface area contributed by atoms with Gasteiger partial charge in [-0.25, -0.2) is 22.4 Å². The SMILES string of the molecule is O=C(O)c1ccc(S(=O)(=O)NC(C(=O)O[C@H]2CN3CCC2CC3)c2cccc(F)c2)cc1. The number of nitrogens with one attached hydrogen (secondary N) is 1. The molecule has 1 unspecified atom stereocenters. The zero-order valence-electron chi connectivity index (χ0n) is 17.1. The molecule has 0 aromatic heterocycles. The van der Waals surface area contributed by atoms with Crippen LogP contribution < -0.4 is 4.72 Å². The average Bonchev–Trinajstić information content (AvgIpc) is 2.78. The van der Waals surface area contributed by atoms with Crippen LogP contribution >= 0.6 is 0 Å². The standard InChI is InChI=1S/C22H23FN2O6S/c23-17-3-1-2-16(12-17)20(22(28)31-19-13-25-10-8-14(19)9-11-25)24-32(29,30)18-6-4-15(5-7-18)21(26)27/h1-7,12,14,19-20,24H,8-11,13H2,(H,26,27)/t19-,20?/m0/s1. The fourth-order valence-corrected chi connectivity index (χ4v) is 5.37. The largest absolute Gasteiger partial charge is 0.478 e. The Morgan fingerprint density at radius 3 is 2.38 bits per heavy atom. The minimum Gasteiger partial charge on any atom is -0.478 e. The highest BCUT2D eigenvalue weighted by Gasteiger charge is 2.38. The van der Waals surface area contributed by atoms with Crippen LogP contribution in [0.3, 0.4) is 0 Å². The molecule has 10 heteroatoms. The molecule has 0 radical (unpaired) electrons. The zero-order valence-corrected chi connectivity index (χ0v) is 17.9. The smallest absolute Gasteiger partial charge is 0.335 e. The molecule has 3 aliphatic heterocycles. The topological polar surface area (TPSA) is 113 Å². The maximum atomic E-state index is 13.9. The number of carbonyl (C=O) groups excluding carboxylic acids is 1. The highest BCUT2D eigenvalue weighted by atomic mass is 32.2. The minimum atomic E-state index is -4.24. The second kappa shape index (κ2) is 8.97. The molecule has 3 aliphatic rings. The molecule has 2 aromatic carbocycles. The van der Waals surface area contributed by atoms with Gasteiger partial charge in [-0.2, -0.15) is 4.72 Å². The summed E-state index contributed by atoms with van der Waals surface area (Å²) in [6.45, 7) is 2.49. The number of benzene rings is 2. The van der Waals surface area contributed by atoms with Gasteiger partial charge in [-0.15, -0.1) is 0 Å². The van der Waals surface area contributed by atoms with E-state index < -0.39 is 33.8 Å². The molecule has 3 heterocycles. The molecule has 5 rings (SSSR count). The zero-order chi connectivity index (χ0) is 22.9. The Bertz CT molecular complexity index is 1110. The number of aromatic carboxylic acids is 1. The van der Waals surface area contributed by atoms with E-state index in [0.717, 1.165) is 56.3 Å². The van der Waals surface area contributed by atoms with Gasteiger partial charge >= 0.3 is 11.9 Å². The van der Waals surface area contributed by atoms with Crippen molar-refractivity contribution in [3.05, 3.63) is 65.5 Å². The summed E-state index contributed by atoms with van der Waals surface area (Å²) in [7, 11) is -4.24. The fraction of sp³-hybridized carbons (Fsp3) is 0.364. The van der Waals surface area contributed by atoms with Gasteiger partial charge in [0.25, 0.3) is 0 Å². The molecule has 2 N–H and O–H groups in total. The van der Waals surface area contributed by atoms with Crippen molar-refractivity contribution in [3.8, 4) is 0 Å². The summed E-state index contributed by atoms with van der Waals surface area (Å²) in [5.41, 5.74) is 0.0365. The molecule has 8 nitrogen and oxygen atoms in total.